The minimum atomic E-state index is -1.03. The third kappa shape index (κ3) is 4.97. The van der Waals surface area contributed by atoms with Crippen LogP contribution in [0.15, 0.2) is 18.2 Å². The lowest BCUT2D eigenvalue weighted by Crippen LogP contribution is -2.47. The molecule has 1 aromatic carbocycles. The summed E-state index contributed by atoms with van der Waals surface area (Å²) in [5, 5.41) is 12.4. The Morgan fingerprint density at radius 3 is 2.57 bits per heavy atom. The number of aliphatic hydroxyl groups is 1. The number of hydrogen-bond acceptors (Lipinski definition) is 2. The molecule has 0 fully saturated rings. The Hall–Kier alpha value is -1.69. The van der Waals surface area contributed by atoms with Crippen molar-refractivity contribution < 1.29 is 18.7 Å². The van der Waals surface area contributed by atoms with Crippen molar-refractivity contribution in [2.45, 2.75) is 39.3 Å². The van der Waals surface area contributed by atoms with Crippen molar-refractivity contribution in [3.63, 3.8) is 0 Å². The van der Waals surface area contributed by atoms with E-state index in [1.54, 1.807) is 27.7 Å². The average molecular weight is 300 g/mol. The predicted octanol–water partition coefficient (Wildman–Crippen LogP) is 2.83. The Morgan fingerprint density at radius 2 is 2.05 bits per heavy atom. The highest BCUT2D eigenvalue weighted by atomic mass is 19.2. The normalized spacial score (nSPS) is 12.9. The van der Waals surface area contributed by atoms with E-state index in [1.807, 2.05) is 0 Å². The summed E-state index contributed by atoms with van der Waals surface area (Å²) in [5.41, 5.74) is -0.941. The average Bonchev–Trinajstić information content (AvgIpc) is 2.37. The summed E-state index contributed by atoms with van der Waals surface area (Å²) < 4.78 is 26.9. The van der Waals surface area contributed by atoms with E-state index in [0.717, 1.165) is 6.07 Å². The Labute approximate surface area is 123 Å². The number of likely N-dealkylation sites (N-methyl/N-ethyl adjacent to an activating group) is 1. The van der Waals surface area contributed by atoms with Crippen LogP contribution >= 0.6 is 0 Å². The number of carbonyl (C=O) groups is 1. The van der Waals surface area contributed by atoms with Crippen LogP contribution in [0.1, 0.15) is 39.3 Å². The molecule has 2 amide bonds. The van der Waals surface area contributed by atoms with Gasteiger partial charge in [-0.3, -0.25) is 0 Å². The largest absolute Gasteiger partial charge is 0.389 e. The van der Waals surface area contributed by atoms with Crippen LogP contribution in [0.2, 0.25) is 0 Å². The van der Waals surface area contributed by atoms with Gasteiger partial charge in [0.2, 0.25) is 0 Å². The van der Waals surface area contributed by atoms with Crippen molar-refractivity contribution >= 4 is 6.03 Å². The van der Waals surface area contributed by atoms with Crippen LogP contribution in [-0.2, 0) is 0 Å². The first kappa shape index (κ1) is 17.4. The molecule has 6 heteroatoms. The first-order valence-corrected chi connectivity index (χ1v) is 6.87. The van der Waals surface area contributed by atoms with Crippen LogP contribution in [0, 0.1) is 11.6 Å². The molecule has 118 valence electrons. The van der Waals surface area contributed by atoms with Gasteiger partial charge in [0.15, 0.2) is 11.6 Å². The van der Waals surface area contributed by atoms with E-state index in [4.69, 9.17) is 0 Å². The second kappa shape index (κ2) is 6.85. The fourth-order valence-electron chi connectivity index (χ4n) is 2.00. The van der Waals surface area contributed by atoms with Gasteiger partial charge in [0.25, 0.3) is 0 Å². The van der Waals surface area contributed by atoms with E-state index in [1.165, 1.54) is 17.0 Å². The van der Waals surface area contributed by atoms with E-state index >= 15 is 0 Å². The lowest BCUT2D eigenvalue weighted by molar-refractivity contribution is 0.0476. The van der Waals surface area contributed by atoms with Crippen LogP contribution in [0.25, 0.3) is 0 Å². The van der Waals surface area contributed by atoms with Crippen molar-refractivity contribution in [3.8, 4) is 0 Å². The van der Waals surface area contributed by atoms with Crippen LogP contribution in [0.5, 0.6) is 0 Å². The molecule has 0 bridgehead atoms. The summed E-state index contributed by atoms with van der Waals surface area (Å²) in [6.07, 6.45) is 0. The minimum absolute atomic E-state index is 0.0858. The number of urea groups is 1. The fourth-order valence-corrected chi connectivity index (χ4v) is 2.00. The molecule has 2 N–H and O–H groups in total. The van der Waals surface area contributed by atoms with Gasteiger partial charge in [0.05, 0.1) is 18.2 Å². The Morgan fingerprint density at radius 1 is 1.43 bits per heavy atom. The molecule has 0 saturated carbocycles. The van der Waals surface area contributed by atoms with Gasteiger partial charge in [-0.25, -0.2) is 13.6 Å². The standard InChI is InChI=1S/C15H22F2N2O2/c1-5-19(9-15(3,4)21)14(20)18-10(2)11-7-6-8-12(16)13(11)17/h6-8,10,21H,5,9H2,1-4H3,(H,18,20). The molecule has 1 rings (SSSR count). The SMILES string of the molecule is CCN(CC(C)(C)O)C(=O)NC(C)c1cccc(F)c1F. The molecule has 0 aliphatic heterocycles. The number of carbonyl (C=O) groups excluding carboxylic acids is 1. The summed E-state index contributed by atoms with van der Waals surface area (Å²) in [7, 11) is 0. The van der Waals surface area contributed by atoms with Gasteiger partial charge in [0.1, 0.15) is 0 Å². The van der Waals surface area contributed by atoms with Gasteiger partial charge in [-0.15, -0.1) is 0 Å². The smallest absolute Gasteiger partial charge is 0.317 e. The quantitative estimate of drug-likeness (QED) is 0.878. The lowest BCUT2D eigenvalue weighted by atomic mass is 10.1. The van der Waals surface area contributed by atoms with Crippen molar-refractivity contribution in [1.29, 1.82) is 0 Å². The van der Waals surface area contributed by atoms with E-state index < -0.39 is 29.3 Å². The Kier molecular flexibility index (Phi) is 5.66. The molecule has 0 saturated heterocycles. The van der Waals surface area contributed by atoms with Gasteiger partial charge >= 0.3 is 6.03 Å². The molecule has 0 aromatic heterocycles. The number of hydrogen-bond donors (Lipinski definition) is 2. The summed E-state index contributed by atoms with van der Waals surface area (Å²) in [5.74, 6) is -1.91. The van der Waals surface area contributed by atoms with Crippen LogP contribution in [0.3, 0.4) is 0 Å². The third-order valence-corrected chi connectivity index (χ3v) is 3.03. The van der Waals surface area contributed by atoms with Gasteiger partial charge in [-0.2, -0.15) is 0 Å². The van der Waals surface area contributed by atoms with Crippen LogP contribution in [0.4, 0.5) is 13.6 Å². The predicted molar refractivity (Wildman–Crippen MR) is 76.8 cm³/mol. The third-order valence-electron chi connectivity index (χ3n) is 3.03. The lowest BCUT2D eigenvalue weighted by Gasteiger charge is -2.29. The minimum Gasteiger partial charge on any atom is -0.389 e. The Bertz CT molecular complexity index is 501. The van der Waals surface area contributed by atoms with Crippen LogP contribution in [-0.4, -0.2) is 34.7 Å². The van der Waals surface area contributed by atoms with Gasteiger partial charge in [-0.1, -0.05) is 12.1 Å². The molecule has 0 spiro atoms. The second-order valence-electron chi connectivity index (χ2n) is 5.64. The number of amides is 2. The molecule has 0 radical (unpaired) electrons. The molecule has 21 heavy (non-hydrogen) atoms. The number of halogens is 2. The fraction of sp³-hybridized carbons (Fsp3) is 0.533. The maximum absolute atomic E-state index is 13.7. The van der Waals surface area contributed by atoms with E-state index in [0.29, 0.717) is 6.54 Å². The number of benzene rings is 1. The number of rotatable bonds is 5. The summed E-state index contributed by atoms with van der Waals surface area (Å²) >= 11 is 0. The molecular weight excluding hydrogens is 278 g/mol. The summed E-state index contributed by atoms with van der Waals surface area (Å²) in [4.78, 5) is 13.5. The highest BCUT2D eigenvalue weighted by molar-refractivity contribution is 5.74. The van der Waals surface area contributed by atoms with Crippen LogP contribution < -0.4 is 5.32 Å². The maximum Gasteiger partial charge on any atom is 0.317 e. The van der Waals surface area contributed by atoms with Gasteiger partial charge in [-0.05, 0) is 33.8 Å². The zero-order chi connectivity index (χ0) is 16.2. The Balaban J connectivity index is 2.79. The molecule has 0 aliphatic rings. The highest BCUT2D eigenvalue weighted by Crippen LogP contribution is 2.19. The van der Waals surface area contributed by atoms with Gasteiger partial charge < -0.3 is 15.3 Å². The summed E-state index contributed by atoms with van der Waals surface area (Å²) in [6.45, 7) is 7.09. The topological polar surface area (TPSA) is 52.6 Å². The number of nitrogens with zero attached hydrogens (tertiary/aromatic N) is 1. The molecule has 1 aromatic rings. The molecule has 0 heterocycles. The first-order valence-electron chi connectivity index (χ1n) is 6.87. The summed E-state index contributed by atoms with van der Waals surface area (Å²) in [6, 6.07) is 2.74. The van der Waals surface area contributed by atoms with Crippen molar-refractivity contribution in [2.24, 2.45) is 0 Å². The zero-order valence-electron chi connectivity index (χ0n) is 12.8. The van der Waals surface area contributed by atoms with Crippen molar-refractivity contribution in [1.82, 2.24) is 10.2 Å². The van der Waals surface area contributed by atoms with Crippen molar-refractivity contribution in [3.05, 3.63) is 35.4 Å². The second-order valence-corrected chi connectivity index (χ2v) is 5.64. The molecule has 4 nitrogen and oxygen atoms in total. The van der Waals surface area contributed by atoms with Gasteiger partial charge in [0, 0.05) is 12.1 Å². The molecule has 1 unspecified atom stereocenters. The molecule has 1 atom stereocenters. The maximum atomic E-state index is 13.7. The molecule has 0 aliphatic carbocycles. The van der Waals surface area contributed by atoms with E-state index in [9.17, 15) is 18.7 Å². The highest BCUT2D eigenvalue weighted by Gasteiger charge is 2.23. The number of nitrogens with one attached hydrogen (secondary N) is 1. The molecular formula is C15H22F2N2O2. The monoisotopic (exact) mass is 300 g/mol. The van der Waals surface area contributed by atoms with E-state index in [-0.39, 0.29) is 12.1 Å². The van der Waals surface area contributed by atoms with Crippen molar-refractivity contribution in [2.75, 3.05) is 13.1 Å². The van der Waals surface area contributed by atoms with E-state index in [2.05, 4.69) is 5.32 Å². The first-order chi connectivity index (χ1) is 9.65. The zero-order valence-corrected chi connectivity index (χ0v) is 12.8.